The first-order valence-electron chi connectivity index (χ1n) is 25.7. The maximum Gasteiger partial charge on any atom is 0.200 e. The minimum Gasteiger partial charge on any atom is -0.207 e. The molecule has 0 fully saturated rings. The number of hydrogen-bond acceptors (Lipinski definition) is 0. The summed E-state index contributed by atoms with van der Waals surface area (Å²) >= 11 is 0. The van der Waals surface area contributed by atoms with Crippen molar-refractivity contribution in [2.75, 3.05) is 6.16 Å². The molecule has 0 saturated heterocycles. The van der Waals surface area contributed by atoms with E-state index in [0.717, 1.165) is 60.7 Å². The minimum absolute atomic E-state index is 0.0121. The van der Waals surface area contributed by atoms with E-state index in [2.05, 4.69) is 24.3 Å². The Balaban J connectivity index is 1.76. The molecular weight excluding hydrogens is 1020 g/mol. The summed E-state index contributed by atoms with van der Waals surface area (Å²) in [4.78, 5) is 0. The average molecular weight is 1080 g/mol. The van der Waals surface area contributed by atoms with Crippen LogP contribution in [-0.2, 0) is 0 Å². The minimum atomic E-state index is -4.06. The van der Waals surface area contributed by atoms with Crippen LogP contribution in [0.15, 0.2) is 102 Å². The van der Waals surface area contributed by atoms with Crippen LogP contribution in [0.3, 0.4) is 0 Å². The zero-order chi connectivity index (χ0) is 55.4. The van der Waals surface area contributed by atoms with Crippen molar-refractivity contribution in [3.8, 4) is 0 Å². The molecule has 0 bridgehead atoms. The van der Waals surface area contributed by atoms with Gasteiger partial charge in [-0.25, -0.2) is 43.9 Å². The number of rotatable bonds is 10. The lowest BCUT2D eigenvalue weighted by atomic mass is 9.15. The Kier molecular flexibility index (Phi) is 14.6. The Morgan fingerprint density at radius 1 is 0.461 bits per heavy atom. The van der Waals surface area contributed by atoms with E-state index in [9.17, 15) is 0 Å². The first-order chi connectivity index (χ1) is 35.8. The number of fused-ring (bicyclic) bond motifs is 1. The van der Waals surface area contributed by atoms with E-state index in [1.807, 2.05) is 107 Å². The summed E-state index contributed by atoms with van der Waals surface area (Å²) in [5.74, 6) is -24.0. The second kappa shape index (κ2) is 20.2. The molecule has 0 radical (unpaired) electrons. The van der Waals surface area contributed by atoms with Gasteiger partial charge in [0.15, 0.2) is 40.7 Å². The molecule has 9 rings (SSSR count). The van der Waals surface area contributed by atoms with Crippen LogP contribution in [0.4, 0.5) is 43.9 Å². The Morgan fingerprint density at radius 2 is 0.842 bits per heavy atom. The second-order valence-electron chi connectivity index (χ2n) is 21.9. The summed E-state index contributed by atoms with van der Waals surface area (Å²) < 4.78 is 169. The molecule has 76 heavy (non-hydrogen) atoms. The van der Waals surface area contributed by atoms with Crippen molar-refractivity contribution < 1.29 is 43.9 Å². The smallest absolute Gasteiger partial charge is 0.200 e. The molecule has 0 saturated carbocycles. The Morgan fingerprint density at radius 3 is 1.24 bits per heavy atom. The van der Waals surface area contributed by atoms with Crippen LogP contribution in [0.1, 0.15) is 126 Å². The van der Waals surface area contributed by atoms with Crippen LogP contribution in [-0.4, -0.2) is 12.3 Å². The van der Waals surface area contributed by atoms with Gasteiger partial charge in [0.05, 0.1) is 5.31 Å². The van der Waals surface area contributed by atoms with Gasteiger partial charge in [0.25, 0.3) is 0 Å². The molecule has 2 atom stereocenters. The van der Waals surface area contributed by atoms with Gasteiger partial charge in [0.2, 0.25) is 5.82 Å². The van der Waals surface area contributed by atoms with Crippen molar-refractivity contribution in [3.05, 3.63) is 227 Å². The van der Waals surface area contributed by atoms with E-state index in [-0.39, 0.29) is 40.0 Å². The van der Waals surface area contributed by atoms with Gasteiger partial charge in [-0.3, -0.25) is 0 Å². The molecule has 0 spiro atoms. The number of aryl methyl sites for hydroxylation is 6. The molecule has 2 heterocycles. The largest absolute Gasteiger partial charge is 0.207 e. The van der Waals surface area contributed by atoms with Crippen LogP contribution in [0.5, 0.6) is 0 Å². The van der Waals surface area contributed by atoms with E-state index < -0.39 is 102 Å². The van der Waals surface area contributed by atoms with Gasteiger partial charge < -0.3 is 0 Å². The lowest BCUT2D eigenvalue weighted by Gasteiger charge is -2.51. The maximum absolute atomic E-state index is 18.1. The first kappa shape index (κ1) is 55.0. The summed E-state index contributed by atoms with van der Waals surface area (Å²) in [6.07, 6.45) is -4.70. The van der Waals surface area contributed by atoms with Crippen LogP contribution in [0.25, 0.3) is 16.1 Å². The highest BCUT2D eigenvalue weighted by atomic mass is 31.2. The summed E-state index contributed by atoms with van der Waals surface area (Å²) in [5.41, 5.74) is 4.92. The fourth-order valence-corrected chi connectivity index (χ4v) is 24.0. The molecule has 0 aromatic heterocycles. The molecule has 7 aromatic rings. The van der Waals surface area contributed by atoms with Gasteiger partial charge in [-0.1, -0.05) is 158 Å². The number of halogens is 10. The molecule has 0 aliphatic carbocycles. The van der Waals surface area contributed by atoms with Gasteiger partial charge in [0.1, 0.15) is 35.7 Å². The highest BCUT2D eigenvalue weighted by Crippen LogP contribution is 2.83. The summed E-state index contributed by atoms with van der Waals surface area (Å²) in [7, 11) is -6.07. The van der Waals surface area contributed by atoms with Crippen molar-refractivity contribution >= 4 is 58.8 Å². The van der Waals surface area contributed by atoms with Crippen molar-refractivity contribution in [2.45, 2.75) is 107 Å². The van der Waals surface area contributed by atoms with E-state index in [4.69, 9.17) is 0 Å². The van der Waals surface area contributed by atoms with Gasteiger partial charge in [-0.15, -0.1) is 17.0 Å². The molecule has 2 aliphatic rings. The molecule has 394 valence electrons. The van der Waals surface area contributed by atoms with Crippen molar-refractivity contribution in [2.24, 2.45) is 0 Å². The van der Waals surface area contributed by atoms with Gasteiger partial charge in [0, 0.05) is 17.3 Å². The topological polar surface area (TPSA) is 0 Å². The molecule has 13 heteroatoms. The molecule has 1 unspecified atom stereocenters. The van der Waals surface area contributed by atoms with Crippen molar-refractivity contribution in [1.82, 2.24) is 0 Å². The third-order valence-electron chi connectivity index (χ3n) is 15.9. The standard InChI is InChI=1S/C63H59BF10P2/c1-31(2)42-29-43(32(3)4)59(44(30-42)33(5)6)75-58(40-19-15-13-16-20-40)46(45-48(65)52(69)56(73)53(70)49(45)66)64(47-50(67)54(71)57(74)55(72)51(47)68)23-24-76(60-36(9)25-34(7)26-37(60)10,61-38(11)27-35(8)28-39(61)12)62(63(64)75)41-21-17-14-18-22-41/h13-22,25-33H,23-24H2,1-12H3/t64-,75?/m1/s1. The first-order valence-corrected chi connectivity index (χ1v) is 29.0. The molecule has 7 aromatic carbocycles. The van der Waals surface area contributed by atoms with Gasteiger partial charge >= 0.3 is 0 Å². The Labute approximate surface area is 441 Å². The second-order valence-corrected chi connectivity index (χ2v) is 27.3. The number of benzene rings is 7. The SMILES string of the molecule is Cc1cc(C)c([P+]2(c3c(C)cc(C)cc3C)CC[B@-]3(c4c(F)c(F)c(F)c(F)c4F)C(c4c(F)c(F)c(F)c(F)c4F)=C(c4ccccc4)P(c4c(C(C)C)cc(C(C)C)cc4C(C)C)C3=C2c2ccccc2)c(C)c1. The highest BCUT2D eigenvalue weighted by Gasteiger charge is 2.63. The van der Waals surface area contributed by atoms with Crippen LogP contribution in [0.2, 0.25) is 6.32 Å². The van der Waals surface area contributed by atoms with Crippen LogP contribution >= 0.6 is 15.2 Å². The predicted molar refractivity (Wildman–Crippen MR) is 297 cm³/mol. The summed E-state index contributed by atoms with van der Waals surface area (Å²) in [6.45, 7) is 23.9. The van der Waals surface area contributed by atoms with E-state index in [1.54, 1.807) is 48.5 Å². The maximum atomic E-state index is 18.1. The van der Waals surface area contributed by atoms with Crippen LogP contribution in [0, 0.1) is 99.7 Å². The third-order valence-corrected chi connectivity index (χ3v) is 24.2. The normalized spacial score (nSPS) is 17.5. The highest BCUT2D eigenvalue weighted by molar-refractivity contribution is 8.00. The van der Waals surface area contributed by atoms with Gasteiger partial charge in [-0.05, 0) is 114 Å². The Hall–Kier alpha value is -5.76. The monoisotopic (exact) mass is 1080 g/mol. The van der Waals surface area contributed by atoms with E-state index >= 15 is 43.9 Å². The average Bonchev–Trinajstić information content (AvgIpc) is 3.91. The van der Waals surface area contributed by atoms with E-state index in [0.29, 0.717) is 16.2 Å². The molecule has 0 nitrogen and oxygen atoms in total. The summed E-state index contributed by atoms with van der Waals surface area (Å²) in [5, 5.41) is 3.03. The zero-order valence-electron chi connectivity index (χ0n) is 44.6. The lowest BCUT2D eigenvalue weighted by Crippen LogP contribution is -2.57. The van der Waals surface area contributed by atoms with Crippen LogP contribution < -0.4 is 21.4 Å². The molecule has 0 amide bonds. The molecule has 0 N–H and O–H groups in total. The van der Waals surface area contributed by atoms with Gasteiger partial charge in [-0.2, -0.15) is 5.47 Å². The Bertz CT molecular complexity index is 3410. The van der Waals surface area contributed by atoms with E-state index in [1.165, 1.54) is 0 Å². The summed E-state index contributed by atoms with van der Waals surface area (Å²) in [6, 6.07) is 29.5. The number of hydrogen-bond donors (Lipinski definition) is 0. The quantitative estimate of drug-likeness (QED) is 0.0421. The molecule has 2 aliphatic heterocycles. The molecular formula is C63H59BF10P2. The predicted octanol–water partition coefficient (Wildman–Crippen LogP) is 17.5. The van der Waals surface area contributed by atoms with Crippen molar-refractivity contribution in [3.63, 3.8) is 0 Å². The zero-order valence-corrected chi connectivity index (χ0v) is 46.4. The lowest BCUT2D eigenvalue weighted by molar-refractivity contribution is 0.376. The van der Waals surface area contributed by atoms with Crippen molar-refractivity contribution in [1.29, 1.82) is 0 Å². The fourth-order valence-electron chi connectivity index (χ4n) is 13.2. The third kappa shape index (κ3) is 8.26. The fraction of sp³-hybridized carbons (Fsp3) is 0.270.